The highest BCUT2D eigenvalue weighted by Crippen LogP contribution is 2.19. The van der Waals surface area contributed by atoms with Crippen molar-refractivity contribution in [2.24, 2.45) is 0 Å². The van der Waals surface area contributed by atoms with Gasteiger partial charge in [0.2, 0.25) is 10.0 Å². The highest BCUT2D eigenvalue weighted by molar-refractivity contribution is 7.89. The zero-order valence-electron chi connectivity index (χ0n) is 10.7. The first-order valence-electron chi connectivity index (χ1n) is 5.85. The van der Waals surface area contributed by atoms with Crippen molar-refractivity contribution < 1.29 is 26.3 Å². The molecule has 0 bridgehead atoms. The van der Waals surface area contributed by atoms with Crippen LogP contribution >= 0.6 is 0 Å². The molecular weight excluding hydrogens is 271 g/mol. The van der Waals surface area contributed by atoms with Gasteiger partial charge in [-0.05, 0) is 19.8 Å². The molecule has 0 saturated heterocycles. The zero-order chi connectivity index (χ0) is 14.2. The fourth-order valence-electron chi connectivity index (χ4n) is 1.39. The Morgan fingerprint density at radius 3 is 2.28 bits per heavy atom. The Labute approximate surface area is 106 Å². The van der Waals surface area contributed by atoms with Crippen LogP contribution in [0.5, 0.6) is 0 Å². The van der Waals surface area contributed by atoms with Crippen LogP contribution in [0.2, 0.25) is 0 Å². The molecule has 0 radical (unpaired) electrons. The van der Waals surface area contributed by atoms with E-state index in [2.05, 4.69) is 0 Å². The standard InChI is InChI=1S/C10H20F3NO3S/c1-3-8-18(15,16)14(9-10(11,12)13)6-5-7-17-4-2/h3-9H2,1-2H3. The fourth-order valence-corrected chi connectivity index (χ4v) is 2.92. The summed E-state index contributed by atoms with van der Waals surface area (Å²) in [6.45, 7) is 2.50. The van der Waals surface area contributed by atoms with E-state index in [9.17, 15) is 21.6 Å². The first-order valence-corrected chi connectivity index (χ1v) is 7.46. The third kappa shape index (κ3) is 7.88. The van der Waals surface area contributed by atoms with Crippen molar-refractivity contribution in [2.45, 2.75) is 32.9 Å². The number of alkyl halides is 3. The van der Waals surface area contributed by atoms with Gasteiger partial charge in [-0.25, -0.2) is 8.42 Å². The number of ether oxygens (including phenoxy) is 1. The van der Waals surface area contributed by atoms with Crippen molar-refractivity contribution in [3.05, 3.63) is 0 Å². The largest absolute Gasteiger partial charge is 0.402 e. The van der Waals surface area contributed by atoms with Gasteiger partial charge >= 0.3 is 6.18 Å². The predicted octanol–water partition coefficient (Wildman–Crippen LogP) is 2.02. The third-order valence-electron chi connectivity index (χ3n) is 2.11. The topological polar surface area (TPSA) is 46.6 Å². The van der Waals surface area contributed by atoms with Crippen molar-refractivity contribution in [2.75, 3.05) is 32.1 Å². The second-order valence-corrected chi connectivity index (χ2v) is 5.90. The predicted molar refractivity (Wildman–Crippen MR) is 62.8 cm³/mol. The second kappa shape index (κ2) is 7.96. The van der Waals surface area contributed by atoms with Crippen LogP contribution in [-0.2, 0) is 14.8 Å². The highest BCUT2D eigenvalue weighted by Gasteiger charge is 2.35. The number of rotatable bonds is 9. The third-order valence-corrected chi connectivity index (χ3v) is 4.13. The molecule has 0 saturated carbocycles. The molecule has 0 rings (SSSR count). The summed E-state index contributed by atoms with van der Waals surface area (Å²) in [5.74, 6) is -0.266. The molecule has 4 nitrogen and oxygen atoms in total. The molecule has 0 amide bonds. The summed E-state index contributed by atoms with van der Waals surface area (Å²) in [4.78, 5) is 0. The van der Waals surface area contributed by atoms with Crippen LogP contribution in [0.15, 0.2) is 0 Å². The van der Waals surface area contributed by atoms with Crippen LogP contribution in [0.3, 0.4) is 0 Å². The van der Waals surface area contributed by atoms with E-state index in [1.807, 2.05) is 0 Å². The summed E-state index contributed by atoms with van der Waals surface area (Å²) in [6, 6.07) is 0. The lowest BCUT2D eigenvalue weighted by Crippen LogP contribution is -2.41. The van der Waals surface area contributed by atoms with Crippen LogP contribution in [-0.4, -0.2) is 51.0 Å². The van der Waals surface area contributed by atoms with Gasteiger partial charge in [0, 0.05) is 19.8 Å². The maximum atomic E-state index is 12.3. The normalized spacial score (nSPS) is 13.2. The Kier molecular flexibility index (Phi) is 7.81. The van der Waals surface area contributed by atoms with E-state index >= 15 is 0 Å². The van der Waals surface area contributed by atoms with Gasteiger partial charge in [0.25, 0.3) is 0 Å². The first-order chi connectivity index (χ1) is 8.23. The van der Waals surface area contributed by atoms with Crippen LogP contribution < -0.4 is 0 Å². The van der Waals surface area contributed by atoms with Gasteiger partial charge in [0.15, 0.2) is 0 Å². The van der Waals surface area contributed by atoms with Crippen LogP contribution in [0, 0.1) is 0 Å². The summed E-state index contributed by atoms with van der Waals surface area (Å²) in [5.41, 5.74) is 0. The first kappa shape index (κ1) is 17.7. The van der Waals surface area contributed by atoms with Gasteiger partial charge < -0.3 is 4.74 Å². The number of hydrogen-bond acceptors (Lipinski definition) is 3. The lowest BCUT2D eigenvalue weighted by molar-refractivity contribution is -0.136. The summed E-state index contributed by atoms with van der Waals surface area (Å²) < 4.78 is 65.7. The fraction of sp³-hybridized carbons (Fsp3) is 1.00. The van der Waals surface area contributed by atoms with Crippen LogP contribution in [0.25, 0.3) is 0 Å². The summed E-state index contributed by atoms with van der Waals surface area (Å²) in [7, 11) is -3.84. The molecule has 8 heteroatoms. The van der Waals surface area contributed by atoms with E-state index < -0.39 is 22.7 Å². The van der Waals surface area contributed by atoms with Crippen LogP contribution in [0.4, 0.5) is 13.2 Å². The molecule has 0 spiro atoms. The highest BCUT2D eigenvalue weighted by atomic mass is 32.2. The van der Waals surface area contributed by atoms with E-state index in [4.69, 9.17) is 4.74 Å². The molecule has 0 aromatic rings. The molecule has 110 valence electrons. The lowest BCUT2D eigenvalue weighted by Gasteiger charge is -2.23. The van der Waals surface area contributed by atoms with E-state index in [0.29, 0.717) is 17.3 Å². The number of sulfonamides is 1. The summed E-state index contributed by atoms with van der Waals surface area (Å²) in [5, 5.41) is 0. The van der Waals surface area contributed by atoms with Crippen LogP contribution in [0.1, 0.15) is 26.7 Å². The molecular formula is C10H20F3NO3S. The molecule has 0 aromatic carbocycles. The number of nitrogens with zero attached hydrogens (tertiary/aromatic N) is 1. The van der Waals surface area contributed by atoms with Gasteiger partial charge in [-0.15, -0.1) is 0 Å². The monoisotopic (exact) mass is 291 g/mol. The second-order valence-electron chi connectivity index (χ2n) is 3.82. The zero-order valence-corrected chi connectivity index (χ0v) is 11.5. The van der Waals surface area contributed by atoms with Crippen molar-refractivity contribution in [3.8, 4) is 0 Å². The Bertz CT molecular complexity index is 317. The Balaban J connectivity index is 4.53. The maximum absolute atomic E-state index is 12.3. The number of hydrogen-bond donors (Lipinski definition) is 0. The summed E-state index contributed by atoms with van der Waals surface area (Å²) >= 11 is 0. The molecule has 0 atom stereocenters. The number of halogens is 3. The van der Waals surface area contributed by atoms with E-state index in [1.54, 1.807) is 13.8 Å². The molecule has 0 aliphatic rings. The van der Waals surface area contributed by atoms with Crippen molar-refractivity contribution in [1.29, 1.82) is 0 Å². The van der Waals surface area contributed by atoms with Gasteiger partial charge in [0.1, 0.15) is 6.54 Å². The molecule has 0 heterocycles. The Morgan fingerprint density at radius 1 is 1.22 bits per heavy atom. The molecule has 0 aromatic heterocycles. The van der Waals surface area contributed by atoms with Crippen molar-refractivity contribution in [3.63, 3.8) is 0 Å². The van der Waals surface area contributed by atoms with Crippen molar-refractivity contribution >= 4 is 10.0 Å². The van der Waals surface area contributed by atoms with Crippen molar-refractivity contribution in [1.82, 2.24) is 4.31 Å². The van der Waals surface area contributed by atoms with Gasteiger partial charge in [0.05, 0.1) is 5.75 Å². The average Bonchev–Trinajstić information content (AvgIpc) is 2.20. The SMILES string of the molecule is CCCS(=O)(=O)N(CCCOCC)CC(F)(F)F. The smallest absolute Gasteiger partial charge is 0.382 e. The minimum atomic E-state index is -4.52. The van der Waals surface area contributed by atoms with E-state index in [0.717, 1.165) is 0 Å². The quantitative estimate of drug-likeness (QED) is 0.611. The molecule has 0 fully saturated rings. The minimum Gasteiger partial charge on any atom is -0.382 e. The Morgan fingerprint density at radius 2 is 1.83 bits per heavy atom. The molecule has 0 N–H and O–H groups in total. The van der Waals surface area contributed by atoms with Gasteiger partial charge in [-0.2, -0.15) is 17.5 Å². The molecule has 0 aliphatic carbocycles. The lowest BCUT2D eigenvalue weighted by atomic mass is 10.4. The van der Waals surface area contributed by atoms with E-state index in [1.165, 1.54) is 0 Å². The average molecular weight is 291 g/mol. The minimum absolute atomic E-state index is 0.165. The maximum Gasteiger partial charge on any atom is 0.402 e. The summed E-state index contributed by atoms with van der Waals surface area (Å²) in [6.07, 6.45) is -3.97. The molecule has 0 unspecified atom stereocenters. The van der Waals surface area contributed by atoms with Gasteiger partial charge in [-0.1, -0.05) is 6.92 Å². The molecule has 0 aliphatic heterocycles. The van der Waals surface area contributed by atoms with Gasteiger partial charge in [-0.3, -0.25) is 0 Å². The Hall–Kier alpha value is -0.340. The molecule has 18 heavy (non-hydrogen) atoms. The van der Waals surface area contributed by atoms with E-state index in [-0.39, 0.29) is 25.3 Å².